The molecule has 2 aromatic rings. The van der Waals surface area contributed by atoms with Crippen LogP contribution in [0, 0.1) is 11.7 Å². The maximum absolute atomic E-state index is 14.4. The molecule has 4 rings (SSSR count). The maximum atomic E-state index is 14.4. The lowest BCUT2D eigenvalue weighted by molar-refractivity contribution is -0.125. The van der Waals surface area contributed by atoms with Crippen molar-refractivity contribution in [3.63, 3.8) is 0 Å². The summed E-state index contributed by atoms with van der Waals surface area (Å²) in [7, 11) is -3.43. The Morgan fingerprint density at radius 3 is 2.89 bits per heavy atom. The number of H-pyrrole nitrogens is 1. The molecule has 1 saturated heterocycles. The molecular formula is C17H20FN5O3S. The van der Waals surface area contributed by atoms with Gasteiger partial charge in [-0.05, 0) is 37.0 Å². The molecule has 0 radical (unpaired) electrons. The van der Waals surface area contributed by atoms with Gasteiger partial charge in [-0.15, -0.1) is 0 Å². The molecule has 1 aliphatic carbocycles. The Morgan fingerprint density at radius 2 is 2.15 bits per heavy atom. The molecule has 1 atom stereocenters. The van der Waals surface area contributed by atoms with Gasteiger partial charge in [0, 0.05) is 25.4 Å². The van der Waals surface area contributed by atoms with Crippen molar-refractivity contribution >= 4 is 21.6 Å². The van der Waals surface area contributed by atoms with E-state index in [0.29, 0.717) is 37.8 Å². The number of anilines is 1. The lowest BCUT2D eigenvalue weighted by atomic mass is 9.89. The van der Waals surface area contributed by atoms with Crippen molar-refractivity contribution in [2.45, 2.75) is 32.2 Å². The van der Waals surface area contributed by atoms with Gasteiger partial charge in [-0.2, -0.15) is 15.4 Å². The van der Waals surface area contributed by atoms with Crippen LogP contribution in [0.5, 0.6) is 0 Å². The average molecular weight is 393 g/mol. The molecule has 1 amide bonds. The summed E-state index contributed by atoms with van der Waals surface area (Å²) in [5.74, 6) is -0.840. The van der Waals surface area contributed by atoms with Gasteiger partial charge >= 0.3 is 0 Å². The first-order valence-electron chi connectivity index (χ1n) is 8.89. The van der Waals surface area contributed by atoms with E-state index in [2.05, 4.69) is 20.7 Å². The summed E-state index contributed by atoms with van der Waals surface area (Å²) in [4.78, 5) is 12.4. The summed E-state index contributed by atoms with van der Waals surface area (Å²) >= 11 is 0. The fourth-order valence-electron chi connectivity index (χ4n) is 3.61. The molecule has 1 fully saturated rings. The third kappa shape index (κ3) is 3.53. The van der Waals surface area contributed by atoms with Crippen molar-refractivity contribution < 1.29 is 17.6 Å². The molecule has 0 saturated carbocycles. The number of hydrogen-bond donors (Lipinski definition) is 2. The number of aryl methyl sites for hydroxylation is 1. The van der Waals surface area contributed by atoms with Crippen molar-refractivity contribution in [1.82, 2.24) is 20.7 Å². The molecular weight excluding hydrogens is 373 g/mol. The van der Waals surface area contributed by atoms with Crippen LogP contribution in [0.1, 0.15) is 29.8 Å². The highest BCUT2D eigenvalue weighted by Crippen LogP contribution is 2.27. The molecule has 1 aromatic carbocycles. The van der Waals surface area contributed by atoms with E-state index >= 15 is 0 Å². The largest absolute Gasteiger partial charge is 0.352 e. The van der Waals surface area contributed by atoms with E-state index in [1.165, 1.54) is 12.1 Å². The Labute approximate surface area is 156 Å². The Morgan fingerprint density at radius 1 is 1.33 bits per heavy atom. The molecule has 1 unspecified atom stereocenters. The van der Waals surface area contributed by atoms with Gasteiger partial charge in [-0.3, -0.25) is 9.10 Å². The van der Waals surface area contributed by atoms with Crippen LogP contribution >= 0.6 is 0 Å². The number of carbonyl (C=O) groups is 1. The second-order valence-electron chi connectivity index (χ2n) is 6.90. The van der Waals surface area contributed by atoms with Crippen LogP contribution in [-0.4, -0.2) is 42.0 Å². The van der Waals surface area contributed by atoms with E-state index in [1.807, 2.05) is 0 Å². The number of aromatic nitrogens is 3. The number of nitrogens with zero attached hydrogens (tertiary/aromatic N) is 3. The molecule has 8 nitrogen and oxygen atoms in total. The Kier molecular flexibility index (Phi) is 4.58. The van der Waals surface area contributed by atoms with Gasteiger partial charge in [0.05, 0.1) is 22.8 Å². The zero-order valence-corrected chi connectivity index (χ0v) is 15.4. The summed E-state index contributed by atoms with van der Waals surface area (Å²) in [5, 5.41) is 13.5. The Balaban J connectivity index is 1.39. The highest BCUT2D eigenvalue weighted by atomic mass is 32.2. The number of halogens is 1. The predicted molar refractivity (Wildman–Crippen MR) is 95.9 cm³/mol. The standard InChI is InChI=1S/C17H20FN5O3S/c18-13-8-11(2-5-16(13)23-6-1-7-27(23,25)26)10-19-17(24)12-3-4-14-15(9-12)21-22-20-14/h2,5,8,12H,1,3-4,6-7,9-10H2,(H,19,24)(H,20,21,22). The van der Waals surface area contributed by atoms with Crippen LogP contribution in [0.3, 0.4) is 0 Å². The number of fused-ring (bicyclic) bond motifs is 1. The zero-order chi connectivity index (χ0) is 19.0. The normalized spacial score (nSPS) is 21.1. The average Bonchev–Trinajstić information content (AvgIpc) is 3.25. The van der Waals surface area contributed by atoms with Crippen LogP contribution in [0.25, 0.3) is 0 Å². The molecule has 144 valence electrons. The molecule has 1 aromatic heterocycles. The smallest absolute Gasteiger partial charge is 0.235 e. The number of hydrogen-bond acceptors (Lipinski definition) is 5. The first kappa shape index (κ1) is 17.9. The number of sulfonamides is 1. The van der Waals surface area contributed by atoms with Crippen LogP contribution < -0.4 is 9.62 Å². The van der Waals surface area contributed by atoms with Gasteiger partial charge in [0.2, 0.25) is 15.9 Å². The number of benzene rings is 1. The third-order valence-electron chi connectivity index (χ3n) is 5.09. The first-order chi connectivity index (χ1) is 12.9. The minimum Gasteiger partial charge on any atom is -0.352 e. The van der Waals surface area contributed by atoms with Crippen molar-refractivity contribution in [2.75, 3.05) is 16.6 Å². The maximum Gasteiger partial charge on any atom is 0.235 e. The van der Waals surface area contributed by atoms with Crippen LogP contribution in [0.15, 0.2) is 18.2 Å². The van der Waals surface area contributed by atoms with E-state index in [1.54, 1.807) is 6.07 Å². The second-order valence-corrected chi connectivity index (χ2v) is 8.91. The van der Waals surface area contributed by atoms with E-state index < -0.39 is 15.8 Å². The highest BCUT2D eigenvalue weighted by molar-refractivity contribution is 7.93. The summed E-state index contributed by atoms with van der Waals surface area (Å²) < 4.78 is 39.4. The summed E-state index contributed by atoms with van der Waals surface area (Å²) in [5.41, 5.74) is 2.38. The van der Waals surface area contributed by atoms with Gasteiger partial charge in [0.25, 0.3) is 0 Å². The summed E-state index contributed by atoms with van der Waals surface area (Å²) in [6.45, 7) is 0.478. The first-order valence-corrected chi connectivity index (χ1v) is 10.5. The topological polar surface area (TPSA) is 108 Å². The van der Waals surface area contributed by atoms with Crippen molar-refractivity contribution in [3.05, 3.63) is 41.0 Å². The van der Waals surface area contributed by atoms with Gasteiger partial charge in [0.1, 0.15) is 5.82 Å². The van der Waals surface area contributed by atoms with Gasteiger partial charge in [-0.25, -0.2) is 12.8 Å². The molecule has 0 spiro atoms. The van der Waals surface area contributed by atoms with Gasteiger partial charge in [-0.1, -0.05) is 6.07 Å². The van der Waals surface area contributed by atoms with Crippen LogP contribution in [0.2, 0.25) is 0 Å². The monoisotopic (exact) mass is 393 g/mol. The highest BCUT2D eigenvalue weighted by Gasteiger charge is 2.30. The number of nitrogens with one attached hydrogen (secondary N) is 2. The lowest BCUT2D eigenvalue weighted by Gasteiger charge is -2.20. The predicted octanol–water partition coefficient (Wildman–Crippen LogP) is 0.905. The molecule has 27 heavy (non-hydrogen) atoms. The van der Waals surface area contributed by atoms with Crippen molar-refractivity contribution in [2.24, 2.45) is 5.92 Å². The molecule has 10 heteroatoms. The number of amides is 1. The van der Waals surface area contributed by atoms with Crippen LogP contribution in [0.4, 0.5) is 10.1 Å². The Hall–Kier alpha value is -2.49. The second kappa shape index (κ2) is 6.91. The number of rotatable bonds is 4. The molecule has 0 bridgehead atoms. The zero-order valence-electron chi connectivity index (χ0n) is 14.6. The quantitative estimate of drug-likeness (QED) is 0.803. The molecule has 1 aliphatic heterocycles. The summed E-state index contributed by atoms with van der Waals surface area (Å²) in [6.07, 6.45) is 2.44. The van der Waals surface area contributed by atoms with Gasteiger partial charge in [0.15, 0.2) is 0 Å². The van der Waals surface area contributed by atoms with E-state index in [-0.39, 0.29) is 29.8 Å². The molecule has 2 heterocycles. The minimum atomic E-state index is -3.43. The third-order valence-corrected chi connectivity index (χ3v) is 6.95. The van der Waals surface area contributed by atoms with Gasteiger partial charge < -0.3 is 5.32 Å². The Bertz CT molecular complexity index is 975. The van der Waals surface area contributed by atoms with E-state index in [0.717, 1.165) is 15.7 Å². The fraction of sp³-hybridized carbons (Fsp3) is 0.471. The van der Waals surface area contributed by atoms with E-state index in [9.17, 15) is 17.6 Å². The SMILES string of the molecule is O=C(NCc1ccc(N2CCCS2(=O)=O)c(F)c1)C1CCc2n[nH]nc2C1. The number of aromatic amines is 1. The number of carbonyl (C=O) groups excluding carboxylic acids is 1. The summed E-state index contributed by atoms with van der Waals surface area (Å²) in [6, 6.07) is 4.38. The van der Waals surface area contributed by atoms with Crippen molar-refractivity contribution in [1.29, 1.82) is 0 Å². The lowest BCUT2D eigenvalue weighted by Crippen LogP contribution is -2.33. The fourth-order valence-corrected chi connectivity index (χ4v) is 5.18. The van der Waals surface area contributed by atoms with Crippen LogP contribution in [-0.2, 0) is 34.2 Å². The molecule has 2 N–H and O–H groups in total. The molecule has 2 aliphatic rings. The minimum absolute atomic E-state index is 0.0405. The van der Waals surface area contributed by atoms with E-state index in [4.69, 9.17) is 0 Å². The van der Waals surface area contributed by atoms with Crippen molar-refractivity contribution in [3.8, 4) is 0 Å².